The fraction of sp³-hybridized carbons (Fsp3) is 0.600. The molecule has 1 aromatic heterocycles. The maximum atomic E-state index is 10.9. The van der Waals surface area contributed by atoms with Crippen LogP contribution in [0.3, 0.4) is 0 Å². The molecule has 1 aliphatic heterocycles. The number of rotatable bonds is 5. The maximum Gasteiger partial charge on any atom is 0.349 e. The first-order chi connectivity index (χ1) is 8.70. The summed E-state index contributed by atoms with van der Waals surface area (Å²) in [5.41, 5.74) is -0.233. The number of aromatic nitrogens is 2. The zero-order chi connectivity index (χ0) is 13.0. The van der Waals surface area contributed by atoms with E-state index in [-0.39, 0.29) is 17.7 Å². The Morgan fingerprint density at radius 2 is 2.56 bits per heavy atom. The van der Waals surface area contributed by atoms with Gasteiger partial charge >= 0.3 is 5.69 Å². The number of ether oxygens (including phenoxy) is 2. The van der Waals surface area contributed by atoms with Gasteiger partial charge in [0.15, 0.2) is 0 Å². The van der Waals surface area contributed by atoms with Gasteiger partial charge in [-0.05, 0) is 6.92 Å². The van der Waals surface area contributed by atoms with E-state index in [9.17, 15) is 10.1 Å². The van der Waals surface area contributed by atoms with Gasteiger partial charge in [0.1, 0.15) is 12.3 Å². The van der Waals surface area contributed by atoms with E-state index in [1.54, 1.807) is 0 Å². The van der Waals surface area contributed by atoms with Gasteiger partial charge in [0.05, 0.1) is 18.1 Å². The van der Waals surface area contributed by atoms with Crippen LogP contribution in [0.15, 0.2) is 6.20 Å². The Hall–Kier alpha value is -1.96. The van der Waals surface area contributed by atoms with Gasteiger partial charge in [0.25, 0.3) is 5.88 Å². The van der Waals surface area contributed by atoms with Crippen LogP contribution in [-0.4, -0.2) is 40.8 Å². The molecule has 98 valence electrons. The predicted octanol–water partition coefficient (Wildman–Crippen LogP) is 0.984. The van der Waals surface area contributed by atoms with Crippen molar-refractivity contribution in [2.45, 2.75) is 19.4 Å². The van der Waals surface area contributed by atoms with Gasteiger partial charge in [0.2, 0.25) is 5.95 Å². The second-order valence-corrected chi connectivity index (χ2v) is 3.77. The molecule has 0 radical (unpaired) electrons. The van der Waals surface area contributed by atoms with Crippen LogP contribution in [0.2, 0.25) is 0 Å². The third-order valence-electron chi connectivity index (χ3n) is 2.43. The van der Waals surface area contributed by atoms with E-state index in [2.05, 4.69) is 15.3 Å². The van der Waals surface area contributed by atoms with Gasteiger partial charge in [-0.3, -0.25) is 10.1 Å². The minimum absolute atomic E-state index is 0.0125. The maximum absolute atomic E-state index is 10.9. The standard InChI is InChI=1S/C10H14N4O4/c1-2-11-10-12-5-8(14(15)16)9(13-10)18-7-3-4-17-6-7/h5,7H,2-4,6H2,1H3,(H,11,12,13). The quantitative estimate of drug-likeness (QED) is 0.617. The van der Waals surface area contributed by atoms with Crippen molar-refractivity contribution >= 4 is 11.6 Å². The van der Waals surface area contributed by atoms with Crippen LogP contribution >= 0.6 is 0 Å². The fourth-order valence-electron chi connectivity index (χ4n) is 1.58. The normalized spacial score (nSPS) is 18.6. The second-order valence-electron chi connectivity index (χ2n) is 3.77. The molecule has 2 heterocycles. The van der Waals surface area contributed by atoms with Crippen molar-refractivity contribution in [1.29, 1.82) is 0 Å². The third-order valence-corrected chi connectivity index (χ3v) is 2.43. The lowest BCUT2D eigenvalue weighted by atomic mass is 10.3. The minimum atomic E-state index is -0.555. The molecule has 8 nitrogen and oxygen atoms in total. The lowest BCUT2D eigenvalue weighted by Gasteiger charge is -2.11. The number of nitrogens with zero attached hydrogens (tertiary/aromatic N) is 3. The van der Waals surface area contributed by atoms with Crippen molar-refractivity contribution in [3.63, 3.8) is 0 Å². The number of nitro groups is 1. The molecule has 0 amide bonds. The summed E-state index contributed by atoms with van der Waals surface area (Å²) >= 11 is 0. The Morgan fingerprint density at radius 1 is 1.72 bits per heavy atom. The second kappa shape index (κ2) is 5.58. The highest BCUT2D eigenvalue weighted by atomic mass is 16.6. The van der Waals surface area contributed by atoms with Gasteiger partial charge in [-0.1, -0.05) is 0 Å². The van der Waals surface area contributed by atoms with Crippen molar-refractivity contribution in [2.24, 2.45) is 0 Å². The molecule has 0 aromatic carbocycles. The molecule has 1 aromatic rings. The number of nitrogens with one attached hydrogen (secondary N) is 1. The van der Waals surface area contributed by atoms with Crippen LogP contribution in [0.25, 0.3) is 0 Å². The van der Waals surface area contributed by atoms with E-state index >= 15 is 0 Å². The Balaban J connectivity index is 2.21. The third kappa shape index (κ3) is 2.83. The summed E-state index contributed by atoms with van der Waals surface area (Å²) in [4.78, 5) is 18.2. The zero-order valence-corrected chi connectivity index (χ0v) is 9.96. The highest BCUT2D eigenvalue weighted by Crippen LogP contribution is 2.26. The molecule has 1 unspecified atom stereocenters. The van der Waals surface area contributed by atoms with Crippen molar-refractivity contribution < 1.29 is 14.4 Å². The lowest BCUT2D eigenvalue weighted by Crippen LogP contribution is -2.18. The molecule has 1 saturated heterocycles. The molecule has 0 saturated carbocycles. The topological polar surface area (TPSA) is 99.4 Å². The van der Waals surface area contributed by atoms with Crippen LogP contribution in [0.1, 0.15) is 13.3 Å². The molecule has 18 heavy (non-hydrogen) atoms. The largest absolute Gasteiger partial charge is 0.467 e. The summed E-state index contributed by atoms with van der Waals surface area (Å²) < 4.78 is 10.7. The number of hydrogen-bond donors (Lipinski definition) is 1. The molecular formula is C10H14N4O4. The van der Waals surface area contributed by atoms with Gasteiger partial charge < -0.3 is 14.8 Å². The molecule has 8 heteroatoms. The smallest absolute Gasteiger partial charge is 0.349 e. The predicted molar refractivity (Wildman–Crippen MR) is 62.7 cm³/mol. The van der Waals surface area contributed by atoms with E-state index in [1.165, 1.54) is 0 Å². The van der Waals surface area contributed by atoms with Gasteiger partial charge in [-0.25, -0.2) is 4.98 Å². The SMILES string of the molecule is CCNc1ncc([N+](=O)[O-])c(OC2CCOC2)n1. The number of anilines is 1. The Morgan fingerprint density at radius 3 is 3.17 bits per heavy atom. The molecule has 0 spiro atoms. The molecule has 1 aliphatic rings. The molecule has 1 fully saturated rings. The summed E-state index contributed by atoms with van der Waals surface area (Å²) in [5, 5.41) is 13.7. The van der Waals surface area contributed by atoms with E-state index < -0.39 is 4.92 Å². The zero-order valence-electron chi connectivity index (χ0n) is 9.96. The highest BCUT2D eigenvalue weighted by Gasteiger charge is 2.24. The summed E-state index contributed by atoms with van der Waals surface area (Å²) in [6.07, 6.45) is 1.67. The summed E-state index contributed by atoms with van der Waals surface area (Å²) in [7, 11) is 0. The van der Waals surface area contributed by atoms with Crippen LogP contribution < -0.4 is 10.1 Å². The van der Waals surface area contributed by atoms with Gasteiger partial charge in [-0.15, -0.1) is 0 Å². The molecule has 0 aliphatic carbocycles. The van der Waals surface area contributed by atoms with Gasteiger partial charge in [0, 0.05) is 13.0 Å². The molecule has 1 N–H and O–H groups in total. The van der Waals surface area contributed by atoms with E-state index in [1.807, 2.05) is 6.92 Å². The van der Waals surface area contributed by atoms with E-state index in [0.29, 0.717) is 32.1 Å². The Labute approximate surface area is 103 Å². The Kier molecular flexibility index (Phi) is 3.88. The van der Waals surface area contributed by atoms with Crippen molar-refractivity contribution in [1.82, 2.24) is 9.97 Å². The van der Waals surface area contributed by atoms with Gasteiger partial charge in [-0.2, -0.15) is 4.98 Å². The average Bonchev–Trinajstić information content (AvgIpc) is 2.82. The molecule has 0 bridgehead atoms. The van der Waals surface area contributed by atoms with Crippen molar-refractivity contribution in [3.8, 4) is 5.88 Å². The van der Waals surface area contributed by atoms with Crippen molar-refractivity contribution in [3.05, 3.63) is 16.3 Å². The lowest BCUT2D eigenvalue weighted by molar-refractivity contribution is -0.386. The summed E-state index contributed by atoms with van der Waals surface area (Å²) in [6, 6.07) is 0. The fourth-order valence-corrected chi connectivity index (χ4v) is 1.58. The van der Waals surface area contributed by atoms with Crippen molar-refractivity contribution in [2.75, 3.05) is 25.1 Å². The average molecular weight is 254 g/mol. The van der Waals surface area contributed by atoms with E-state index in [4.69, 9.17) is 9.47 Å². The molecular weight excluding hydrogens is 240 g/mol. The minimum Gasteiger partial charge on any atom is -0.467 e. The summed E-state index contributed by atoms with van der Waals surface area (Å²) in [6.45, 7) is 3.54. The number of hydrogen-bond acceptors (Lipinski definition) is 7. The highest BCUT2D eigenvalue weighted by molar-refractivity contribution is 5.43. The first kappa shape index (κ1) is 12.5. The van der Waals surface area contributed by atoms with Crippen LogP contribution in [0.5, 0.6) is 5.88 Å². The van der Waals surface area contributed by atoms with Crippen LogP contribution in [0.4, 0.5) is 11.6 Å². The van der Waals surface area contributed by atoms with E-state index in [0.717, 1.165) is 6.20 Å². The molecule has 2 rings (SSSR count). The first-order valence-corrected chi connectivity index (χ1v) is 5.70. The van der Waals surface area contributed by atoms with Crippen LogP contribution in [-0.2, 0) is 4.74 Å². The monoisotopic (exact) mass is 254 g/mol. The summed E-state index contributed by atoms with van der Waals surface area (Å²) in [5.74, 6) is 0.304. The van der Waals surface area contributed by atoms with Crippen LogP contribution in [0, 0.1) is 10.1 Å². The Bertz CT molecular complexity index is 434. The molecule has 1 atom stereocenters. The first-order valence-electron chi connectivity index (χ1n) is 5.70.